The minimum Gasteiger partial charge on any atom is -0.317 e. The summed E-state index contributed by atoms with van der Waals surface area (Å²) in [6.07, 6.45) is 3.98. The summed E-state index contributed by atoms with van der Waals surface area (Å²) in [5.41, 5.74) is 6.24. The first-order chi connectivity index (χ1) is 13.1. The Morgan fingerprint density at radius 2 is 1.89 bits per heavy atom. The molecule has 27 heavy (non-hydrogen) atoms. The van der Waals surface area contributed by atoms with Gasteiger partial charge >= 0.3 is 0 Å². The van der Waals surface area contributed by atoms with Crippen molar-refractivity contribution in [2.75, 3.05) is 0 Å². The Morgan fingerprint density at radius 1 is 1.04 bits per heavy atom. The standard InChI is InChI=1S/C22H17N3OS/c1-14-9-10-18(15(2)12-14)24-11-5-6-16(24)13-20-21(26)25-19-8-4-3-7-17(19)23-22(25)27-20/h3-13H,1-2H3/b20-13-. The van der Waals surface area contributed by atoms with Crippen LogP contribution in [0.25, 0.3) is 27.8 Å². The number of imidazole rings is 1. The number of benzene rings is 2. The zero-order valence-electron chi connectivity index (χ0n) is 15.0. The molecule has 0 N–H and O–H groups in total. The zero-order chi connectivity index (χ0) is 18.5. The van der Waals surface area contributed by atoms with Crippen molar-refractivity contribution < 1.29 is 0 Å². The largest absolute Gasteiger partial charge is 0.317 e. The molecule has 5 rings (SSSR count). The lowest BCUT2D eigenvalue weighted by atomic mass is 10.1. The summed E-state index contributed by atoms with van der Waals surface area (Å²) in [5.74, 6) is 0. The third-order valence-corrected chi connectivity index (χ3v) is 5.79. The minimum absolute atomic E-state index is 0.0166. The highest BCUT2D eigenvalue weighted by atomic mass is 32.1. The van der Waals surface area contributed by atoms with Crippen LogP contribution in [0.2, 0.25) is 0 Å². The van der Waals surface area contributed by atoms with Crippen LogP contribution in [-0.4, -0.2) is 14.0 Å². The number of thiazole rings is 1. The van der Waals surface area contributed by atoms with Crippen molar-refractivity contribution in [2.24, 2.45) is 0 Å². The molecule has 132 valence electrons. The van der Waals surface area contributed by atoms with E-state index in [1.165, 1.54) is 22.5 Å². The summed E-state index contributed by atoms with van der Waals surface area (Å²) in [5, 5.41) is 0. The van der Waals surface area contributed by atoms with Crippen molar-refractivity contribution in [3.05, 3.63) is 92.5 Å². The molecule has 0 fully saturated rings. The van der Waals surface area contributed by atoms with E-state index in [1.807, 2.05) is 48.7 Å². The van der Waals surface area contributed by atoms with Gasteiger partial charge in [-0.15, -0.1) is 0 Å². The van der Waals surface area contributed by atoms with Gasteiger partial charge in [0.25, 0.3) is 5.56 Å². The number of nitrogens with zero attached hydrogens (tertiary/aromatic N) is 3. The van der Waals surface area contributed by atoms with Gasteiger partial charge in [-0.25, -0.2) is 9.38 Å². The van der Waals surface area contributed by atoms with Gasteiger partial charge in [-0.2, -0.15) is 0 Å². The molecule has 5 heteroatoms. The van der Waals surface area contributed by atoms with Crippen molar-refractivity contribution in [1.29, 1.82) is 0 Å². The van der Waals surface area contributed by atoms with E-state index in [4.69, 9.17) is 0 Å². The number of para-hydroxylation sites is 2. The van der Waals surface area contributed by atoms with Gasteiger partial charge in [-0.3, -0.25) is 4.79 Å². The third kappa shape index (κ3) is 2.51. The van der Waals surface area contributed by atoms with Crippen LogP contribution >= 0.6 is 11.3 Å². The molecule has 0 aliphatic carbocycles. The molecule has 3 heterocycles. The van der Waals surface area contributed by atoms with Crippen molar-refractivity contribution in [1.82, 2.24) is 14.0 Å². The van der Waals surface area contributed by atoms with Crippen LogP contribution in [0.1, 0.15) is 16.8 Å². The average molecular weight is 371 g/mol. The molecule has 0 bridgehead atoms. The Hall–Kier alpha value is -3.18. The number of aryl methyl sites for hydroxylation is 2. The first-order valence-corrected chi connectivity index (χ1v) is 9.60. The molecular weight excluding hydrogens is 354 g/mol. The molecule has 2 aromatic carbocycles. The molecule has 5 aromatic rings. The van der Waals surface area contributed by atoms with E-state index in [9.17, 15) is 4.79 Å². The van der Waals surface area contributed by atoms with Crippen molar-refractivity contribution in [3.8, 4) is 5.69 Å². The predicted molar refractivity (Wildman–Crippen MR) is 111 cm³/mol. The van der Waals surface area contributed by atoms with Crippen LogP contribution in [0, 0.1) is 13.8 Å². The quantitative estimate of drug-likeness (QED) is 0.473. The molecule has 0 aliphatic heterocycles. The lowest BCUT2D eigenvalue weighted by molar-refractivity contribution is 1.04. The van der Waals surface area contributed by atoms with E-state index < -0.39 is 0 Å². The normalized spacial score (nSPS) is 12.4. The molecule has 4 nitrogen and oxygen atoms in total. The van der Waals surface area contributed by atoms with Crippen molar-refractivity contribution >= 4 is 33.4 Å². The van der Waals surface area contributed by atoms with Crippen LogP contribution in [0.4, 0.5) is 0 Å². The molecule has 0 radical (unpaired) electrons. The number of hydrogen-bond acceptors (Lipinski definition) is 3. The second-order valence-electron chi connectivity index (χ2n) is 6.73. The highest BCUT2D eigenvalue weighted by Gasteiger charge is 2.11. The van der Waals surface area contributed by atoms with E-state index in [1.54, 1.807) is 4.40 Å². The molecule has 0 atom stereocenters. The molecule has 0 unspecified atom stereocenters. The Labute approximate surface area is 159 Å². The Bertz CT molecular complexity index is 1420. The Morgan fingerprint density at radius 3 is 2.74 bits per heavy atom. The van der Waals surface area contributed by atoms with Crippen LogP contribution in [-0.2, 0) is 0 Å². The highest BCUT2D eigenvalue weighted by Crippen LogP contribution is 2.20. The van der Waals surface area contributed by atoms with E-state index in [2.05, 4.69) is 41.6 Å². The van der Waals surface area contributed by atoms with Gasteiger partial charge < -0.3 is 4.57 Å². The zero-order valence-corrected chi connectivity index (χ0v) is 15.8. The summed E-state index contributed by atoms with van der Waals surface area (Å²) in [7, 11) is 0. The smallest absolute Gasteiger partial charge is 0.275 e. The van der Waals surface area contributed by atoms with Gasteiger partial charge in [0, 0.05) is 17.6 Å². The summed E-state index contributed by atoms with van der Waals surface area (Å²) in [6, 6.07) is 18.2. The second-order valence-corrected chi connectivity index (χ2v) is 7.74. The molecule has 0 saturated carbocycles. The lowest BCUT2D eigenvalue weighted by Crippen LogP contribution is -2.23. The first-order valence-electron chi connectivity index (χ1n) is 8.78. The number of aromatic nitrogens is 3. The number of rotatable bonds is 2. The fraction of sp³-hybridized carbons (Fsp3) is 0.0909. The molecule has 0 amide bonds. The molecule has 0 aliphatic rings. The molecule has 0 spiro atoms. The number of hydrogen-bond donors (Lipinski definition) is 0. The van der Waals surface area contributed by atoms with Gasteiger partial charge in [0.15, 0.2) is 4.96 Å². The van der Waals surface area contributed by atoms with Crippen LogP contribution < -0.4 is 10.1 Å². The topological polar surface area (TPSA) is 39.3 Å². The maximum atomic E-state index is 13.0. The lowest BCUT2D eigenvalue weighted by Gasteiger charge is -2.10. The average Bonchev–Trinajstić information content (AvgIpc) is 3.31. The maximum absolute atomic E-state index is 13.0. The number of fused-ring (bicyclic) bond motifs is 3. The maximum Gasteiger partial charge on any atom is 0.275 e. The highest BCUT2D eigenvalue weighted by molar-refractivity contribution is 7.15. The summed E-state index contributed by atoms with van der Waals surface area (Å²) >= 11 is 1.43. The van der Waals surface area contributed by atoms with Gasteiger partial charge in [-0.1, -0.05) is 41.2 Å². The monoisotopic (exact) mass is 371 g/mol. The SMILES string of the molecule is Cc1ccc(-n2cccc2/C=c2\sc3nc4ccccc4n3c2=O)c(C)c1. The van der Waals surface area contributed by atoms with Gasteiger partial charge in [0.2, 0.25) is 0 Å². The second kappa shape index (κ2) is 5.93. The van der Waals surface area contributed by atoms with Gasteiger partial charge in [0.1, 0.15) is 0 Å². The van der Waals surface area contributed by atoms with E-state index in [-0.39, 0.29) is 5.56 Å². The van der Waals surface area contributed by atoms with E-state index in [0.717, 1.165) is 27.4 Å². The van der Waals surface area contributed by atoms with Gasteiger partial charge in [0.05, 0.1) is 15.6 Å². The van der Waals surface area contributed by atoms with Crippen molar-refractivity contribution in [2.45, 2.75) is 13.8 Å². The molecule has 3 aromatic heterocycles. The summed E-state index contributed by atoms with van der Waals surface area (Å²) < 4.78 is 4.51. The molecule has 0 saturated heterocycles. The Balaban J connectivity index is 1.72. The minimum atomic E-state index is -0.0166. The fourth-order valence-corrected chi connectivity index (χ4v) is 4.52. The fourth-order valence-electron chi connectivity index (χ4n) is 3.55. The summed E-state index contributed by atoms with van der Waals surface area (Å²) in [6.45, 7) is 4.20. The molecular formula is C22H17N3OS. The van der Waals surface area contributed by atoms with E-state index in [0.29, 0.717) is 4.53 Å². The summed E-state index contributed by atoms with van der Waals surface area (Å²) in [4.78, 5) is 18.3. The predicted octanol–water partition coefficient (Wildman–Crippen LogP) is 3.86. The Kier molecular flexibility index (Phi) is 3.52. The third-order valence-electron chi connectivity index (χ3n) is 4.82. The van der Waals surface area contributed by atoms with Crippen molar-refractivity contribution in [3.63, 3.8) is 0 Å². The van der Waals surface area contributed by atoms with E-state index >= 15 is 0 Å². The first kappa shape index (κ1) is 16.0. The van der Waals surface area contributed by atoms with Crippen LogP contribution in [0.15, 0.2) is 65.6 Å². The van der Waals surface area contributed by atoms with Gasteiger partial charge in [-0.05, 0) is 55.8 Å². The van der Waals surface area contributed by atoms with Crippen LogP contribution in [0.5, 0.6) is 0 Å². The van der Waals surface area contributed by atoms with Crippen LogP contribution in [0.3, 0.4) is 0 Å².